The number of benzene rings is 1. The molecule has 0 bridgehead atoms. The van der Waals surface area contributed by atoms with E-state index in [0.717, 1.165) is 0 Å². The first-order valence-electron chi connectivity index (χ1n) is 6.06. The van der Waals surface area contributed by atoms with Crippen molar-refractivity contribution in [2.75, 3.05) is 7.05 Å². The van der Waals surface area contributed by atoms with Crippen LogP contribution in [0.25, 0.3) is 0 Å². The number of hydrogen-bond donors (Lipinski definition) is 0. The molecule has 0 aliphatic heterocycles. The second kappa shape index (κ2) is 6.33. The van der Waals surface area contributed by atoms with Crippen LogP contribution in [0.1, 0.15) is 21.5 Å². The second-order valence-corrected chi connectivity index (χ2v) is 4.84. The molecule has 4 nitrogen and oxygen atoms in total. The Kier molecular flexibility index (Phi) is 4.51. The maximum absolute atomic E-state index is 13.7. The molecule has 0 N–H and O–H groups in total. The van der Waals surface area contributed by atoms with E-state index in [1.807, 2.05) is 6.07 Å². The average molecular weight is 304 g/mol. The Hall–Kier alpha value is -2.45. The van der Waals surface area contributed by atoms with Crippen molar-refractivity contribution in [3.63, 3.8) is 0 Å². The number of nitriles is 1. The molecule has 1 aromatic carbocycles. The monoisotopic (exact) mass is 303 g/mol. The highest BCUT2D eigenvalue weighted by Gasteiger charge is 2.16. The zero-order valence-electron chi connectivity index (χ0n) is 11.2. The molecular formula is C15H11ClFN3O. The molecule has 0 radical (unpaired) electrons. The fourth-order valence-corrected chi connectivity index (χ4v) is 2.05. The fourth-order valence-electron chi connectivity index (χ4n) is 1.85. The van der Waals surface area contributed by atoms with Gasteiger partial charge in [0.15, 0.2) is 0 Å². The number of carbonyl (C=O) groups excluding carboxylic acids is 1. The van der Waals surface area contributed by atoms with E-state index in [4.69, 9.17) is 16.9 Å². The Bertz CT molecular complexity index is 727. The summed E-state index contributed by atoms with van der Waals surface area (Å²) < 4.78 is 13.7. The summed E-state index contributed by atoms with van der Waals surface area (Å²) in [6.07, 6.45) is 2.84. The van der Waals surface area contributed by atoms with Crippen LogP contribution in [0.5, 0.6) is 0 Å². The van der Waals surface area contributed by atoms with Gasteiger partial charge < -0.3 is 4.90 Å². The minimum absolute atomic E-state index is 0.0405. The Morgan fingerprint density at radius 3 is 2.90 bits per heavy atom. The molecule has 0 spiro atoms. The van der Waals surface area contributed by atoms with Crippen molar-refractivity contribution >= 4 is 17.5 Å². The quantitative estimate of drug-likeness (QED) is 0.876. The van der Waals surface area contributed by atoms with Gasteiger partial charge in [0.05, 0.1) is 22.2 Å². The Morgan fingerprint density at radius 1 is 1.48 bits per heavy atom. The van der Waals surface area contributed by atoms with Crippen LogP contribution in [0.4, 0.5) is 4.39 Å². The molecule has 0 unspecified atom stereocenters. The third-order valence-electron chi connectivity index (χ3n) is 2.93. The molecule has 0 atom stereocenters. The van der Waals surface area contributed by atoms with Crippen LogP contribution in [0.2, 0.25) is 5.02 Å². The first-order chi connectivity index (χ1) is 10.0. The smallest absolute Gasteiger partial charge is 0.255 e. The van der Waals surface area contributed by atoms with Crippen molar-refractivity contribution in [1.82, 2.24) is 9.88 Å². The van der Waals surface area contributed by atoms with Crippen LogP contribution in [-0.2, 0) is 6.54 Å². The first-order valence-corrected chi connectivity index (χ1v) is 6.44. The Labute approximate surface area is 126 Å². The highest BCUT2D eigenvalue weighted by atomic mass is 35.5. The summed E-state index contributed by atoms with van der Waals surface area (Å²) >= 11 is 5.92. The van der Waals surface area contributed by atoms with Gasteiger partial charge in [0.25, 0.3) is 5.91 Å². The number of hydrogen-bond acceptors (Lipinski definition) is 3. The highest BCUT2D eigenvalue weighted by molar-refractivity contribution is 6.33. The van der Waals surface area contributed by atoms with Crippen LogP contribution < -0.4 is 0 Å². The van der Waals surface area contributed by atoms with E-state index in [1.54, 1.807) is 0 Å². The van der Waals surface area contributed by atoms with Gasteiger partial charge in [-0.15, -0.1) is 0 Å². The van der Waals surface area contributed by atoms with Gasteiger partial charge in [-0.3, -0.25) is 9.78 Å². The third kappa shape index (κ3) is 3.36. The lowest BCUT2D eigenvalue weighted by Gasteiger charge is -2.18. The normalized spacial score (nSPS) is 10.0. The van der Waals surface area contributed by atoms with Crippen LogP contribution in [-0.4, -0.2) is 22.8 Å². The molecule has 106 valence electrons. The molecule has 0 saturated heterocycles. The van der Waals surface area contributed by atoms with Crippen LogP contribution in [0, 0.1) is 17.1 Å². The van der Waals surface area contributed by atoms with Crippen molar-refractivity contribution in [1.29, 1.82) is 5.26 Å². The van der Waals surface area contributed by atoms with Crippen molar-refractivity contribution in [2.45, 2.75) is 6.54 Å². The highest BCUT2D eigenvalue weighted by Crippen LogP contribution is 2.18. The number of pyridine rings is 1. The minimum atomic E-state index is -0.463. The van der Waals surface area contributed by atoms with E-state index >= 15 is 0 Å². The molecule has 1 aromatic heterocycles. The van der Waals surface area contributed by atoms with Gasteiger partial charge in [0, 0.05) is 31.5 Å². The van der Waals surface area contributed by atoms with Crippen molar-refractivity contribution in [3.05, 3.63) is 64.2 Å². The van der Waals surface area contributed by atoms with E-state index in [0.29, 0.717) is 11.1 Å². The van der Waals surface area contributed by atoms with E-state index < -0.39 is 5.82 Å². The first kappa shape index (κ1) is 14.9. The molecule has 21 heavy (non-hydrogen) atoms. The molecule has 0 fully saturated rings. The Balaban J connectivity index is 2.22. The SMILES string of the molecule is CN(Cc1cc(C#N)ccc1F)C(=O)c1ccncc1Cl. The van der Waals surface area contributed by atoms with Crippen LogP contribution in [0.15, 0.2) is 36.7 Å². The summed E-state index contributed by atoms with van der Waals surface area (Å²) in [5.74, 6) is -0.807. The fraction of sp³-hybridized carbons (Fsp3) is 0.133. The second-order valence-electron chi connectivity index (χ2n) is 4.43. The van der Waals surface area contributed by atoms with Gasteiger partial charge in [-0.25, -0.2) is 4.39 Å². The summed E-state index contributed by atoms with van der Waals surface area (Å²) in [7, 11) is 1.54. The molecule has 2 rings (SSSR count). The molecule has 1 amide bonds. The number of rotatable bonds is 3. The van der Waals surface area contributed by atoms with Gasteiger partial charge in [-0.2, -0.15) is 5.26 Å². The van der Waals surface area contributed by atoms with Crippen molar-refractivity contribution in [2.24, 2.45) is 0 Å². The van der Waals surface area contributed by atoms with E-state index in [9.17, 15) is 9.18 Å². The lowest BCUT2D eigenvalue weighted by Crippen LogP contribution is -2.27. The molecular weight excluding hydrogens is 293 g/mol. The molecule has 0 aliphatic rings. The molecule has 0 aliphatic carbocycles. The van der Waals surface area contributed by atoms with Gasteiger partial charge in [-0.05, 0) is 24.3 Å². The lowest BCUT2D eigenvalue weighted by molar-refractivity contribution is 0.0784. The lowest BCUT2D eigenvalue weighted by atomic mass is 10.1. The number of nitrogens with zero attached hydrogens (tertiary/aromatic N) is 3. The van der Waals surface area contributed by atoms with Crippen molar-refractivity contribution < 1.29 is 9.18 Å². The van der Waals surface area contributed by atoms with E-state index in [-0.39, 0.29) is 23.0 Å². The predicted molar refractivity (Wildman–Crippen MR) is 76.2 cm³/mol. The van der Waals surface area contributed by atoms with Gasteiger partial charge in [0.1, 0.15) is 5.82 Å². The number of carbonyl (C=O) groups is 1. The standard InChI is InChI=1S/C15H11ClFN3O/c1-20(15(21)12-4-5-19-8-13(12)16)9-11-6-10(7-18)2-3-14(11)17/h2-6,8H,9H2,1H3. The minimum Gasteiger partial charge on any atom is -0.337 e. The zero-order chi connectivity index (χ0) is 15.4. The van der Waals surface area contributed by atoms with Crippen LogP contribution >= 0.6 is 11.6 Å². The third-order valence-corrected chi connectivity index (χ3v) is 3.23. The Morgan fingerprint density at radius 2 is 2.24 bits per heavy atom. The summed E-state index contributed by atoms with van der Waals surface area (Å²) in [5.41, 5.74) is 0.912. The molecule has 2 aromatic rings. The maximum Gasteiger partial charge on any atom is 0.255 e. The van der Waals surface area contributed by atoms with Gasteiger partial charge in [0.2, 0.25) is 0 Å². The molecule has 6 heteroatoms. The average Bonchev–Trinajstić information content (AvgIpc) is 2.49. The maximum atomic E-state index is 13.7. The van der Waals surface area contributed by atoms with Crippen LogP contribution in [0.3, 0.4) is 0 Å². The molecule has 0 saturated carbocycles. The predicted octanol–water partition coefficient (Wildman–Crippen LogP) is 3.02. The zero-order valence-corrected chi connectivity index (χ0v) is 11.9. The number of amides is 1. The number of aromatic nitrogens is 1. The summed E-state index contributed by atoms with van der Waals surface area (Å²) in [6.45, 7) is 0.0405. The summed E-state index contributed by atoms with van der Waals surface area (Å²) in [6, 6.07) is 7.47. The van der Waals surface area contributed by atoms with Gasteiger partial charge in [-0.1, -0.05) is 11.6 Å². The van der Waals surface area contributed by atoms with E-state index in [1.165, 1.54) is 48.6 Å². The topological polar surface area (TPSA) is 57.0 Å². The summed E-state index contributed by atoms with van der Waals surface area (Å²) in [5, 5.41) is 9.07. The van der Waals surface area contributed by atoms with Gasteiger partial charge >= 0.3 is 0 Å². The van der Waals surface area contributed by atoms with Crippen molar-refractivity contribution in [3.8, 4) is 6.07 Å². The molecule has 1 heterocycles. The largest absolute Gasteiger partial charge is 0.337 e. The summed E-state index contributed by atoms with van der Waals surface area (Å²) in [4.78, 5) is 17.4. The number of halogens is 2. The van der Waals surface area contributed by atoms with E-state index in [2.05, 4.69) is 4.98 Å².